The van der Waals surface area contributed by atoms with Gasteiger partial charge in [-0.3, -0.25) is 4.98 Å². The Morgan fingerprint density at radius 1 is 0.489 bits per heavy atom. The predicted octanol–water partition coefficient (Wildman–Crippen LogP) is 10.9. The standard InChI is InChI=1S/3C13H21NO/c1-10(2)6-8-15-13-9-12(11(3)4)5-7-14-13;1-10(2)7-8-15-12-5-6-13(11(3)4)14-9-12;1-10(2)7-8-15-13-6-5-12(9-14-13)11(3)4/h5,7,9-11H,6,8H2,1-4H3;2*5-6,9-11H,7-8H2,1-4H3. The van der Waals surface area contributed by atoms with Gasteiger partial charge in [0.15, 0.2) is 0 Å². The molecule has 3 heterocycles. The molecule has 252 valence electrons. The molecule has 3 rings (SSSR count). The van der Waals surface area contributed by atoms with Gasteiger partial charge in [0, 0.05) is 30.2 Å². The largest absolute Gasteiger partial charge is 0.492 e. The number of pyridine rings is 3. The lowest BCUT2D eigenvalue weighted by molar-refractivity contribution is 0.279. The van der Waals surface area contributed by atoms with Crippen molar-refractivity contribution >= 4 is 0 Å². The Morgan fingerprint density at radius 2 is 1.04 bits per heavy atom. The van der Waals surface area contributed by atoms with Crippen LogP contribution in [0.15, 0.2) is 55.0 Å². The average Bonchev–Trinajstić information content (AvgIpc) is 2.98. The van der Waals surface area contributed by atoms with Crippen LogP contribution in [0.1, 0.15) is 137 Å². The van der Waals surface area contributed by atoms with E-state index < -0.39 is 0 Å². The van der Waals surface area contributed by atoms with Gasteiger partial charge in [-0.2, -0.15) is 0 Å². The van der Waals surface area contributed by atoms with E-state index in [1.807, 2.05) is 48.9 Å². The van der Waals surface area contributed by atoms with Crippen LogP contribution in [-0.2, 0) is 0 Å². The van der Waals surface area contributed by atoms with E-state index in [4.69, 9.17) is 14.2 Å². The fourth-order valence-corrected chi connectivity index (χ4v) is 3.71. The maximum Gasteiger partial charge on any atom is 0.213 e. The summed E-state index contributed by atoms with van der Waals surface area (Å²) in [6, 6.07) is 12.2. The van der Waals surface area contributed by atoms with Crippen LogP contribution in [0.5, 0.6) is 17.5 Å². The smallest absolute Gasteiger partial charge is 0.213 e. The van der Waals surface area contributed by atoms with E-state index in [9.17, 15) is 0 Å². The van der Waals surface area contributed by atoms with Crippen LogP contribution in [0, 0.1) is 17.8 Å². The molecule has 0 aliphatic rings. The van der Waals surface area contributed by atoms with Crippen molar-refractivity contribution in [3.8, 4) is 17.5 Å². The summed E-state index contributed by atoms with van der Waals surface area (Å²) in [6.07, 6.45) is 8.78. The minimum atomic E-state index is 0.481. The zero-order valence-corrected chi connectivity index (χ0v) is 30.5. The summed E-state index contributed by atoms with van der Waals surface area (Å²) >= 11 is 0. The van der Waals surface area contributed by atoms with E-state index in [0.29, 0.717) is 35.5 Å². The summed E-state index contributed by atoms with van der Waals surface area (Å²) < 4.78 is 16.7. The lowest BCUT2D eigenvalue weighted by Gasteiger charge is -2.09. The summed E-state index contributed by atoms with van der Waals surface area (Å²) in [7, 11) is 0. The summed E-state index contributed by atoms with van der Waals surface area (Å²) in [5, 5.41) is 0. The maximum atomic E-state index is 5.60. The SMILES string of the molecule is CC(C)CCOc1cc(C(C)C)ccn1.CC(C)CCOc1ccc(C(C)C)cn1.CC(C)CCOc1ccc(C(C)C)nc1. The fraction of sp³-hybridized carbons (Fsp3) is 0.615. The van der Waals surface area contributed by atoms with Gasteiger partial charge in [0.2, 0.25) is 11.8 Å². The van der Waals surface area contributed by atoms with Crippen LogP contribution < -0.4 is 14.2 Å². The second kappa shape index (κ2) is 22.4. The first kappa shape index (κ1) is 39.9. The van der Waals surface area contributed by atoms with Gasteiger partial charge in [0.1, 0.15) is 5.75 Å². The van der Waals surface area contributed by atoms with E-state index in [0.717, 1.165) is 62.3 Å². The highest BCUT2D eigenvalue weighted by molar-refractivity contribution is 5.23. The Hall–Kier alpha value is -3.15. The minimum Gasteiger partial charge on any atom is -0.492 e. The molecule has 0 unspecified atom stereocenters. The highest BCUT2D eigenvalue weighted by Gasteiger charge is 2.04. The van der Waals surface area contributed by atoms with E-state index in [1.54, 1.807) is 0 Å². The van der Waals surface area contributed by atoms with Gasteiger partial charge in [-0.25, -0.2) is 9.97 Å². The molecule has 6 heteroatoms. The highest BCUT2D eigenvalue weighted by atomic mass is 16.5. The fourth-order valence-electron chi connectivity index (χ4n) is 3.71. The van der Waals surface area contributed by atoms with Gasteiger partial charge in [-0.15, -0.1) is 0 Å². The van der Waals surface area contributed by atoms with Crippen molar-refractivity contribution in [3.05, 3.63) is 71.8 Å². The molecule has 0 aliphatic heterocycles. The van der Waals surface area contributed by atoms with Gasteiger partial charge >= 0.3 is 0 Å². The molecule has 0 fully saturated rings. The van der Waals surface area contributed by atoms with Crippen molar-refractivity contribution in [1.82, 2.24) is 15.0 Å². The second-order valence-corrected chi connectivity index (χ2v) is 13.8. The molecule has 45 heavy (non-hydrogen) atoms. The Labute approximate surface area is 275 Å². The zero-order chi connectivity index (χ0) is 33.8. The molecule has 6 nitrogen and oxygen atoms in total. The number of aromatic nitrogens is 3. The molecule has 0 bridgehead atoms. The van der Waals surface area contributed by atoms with Crippen molar-refractivity contribution in [1.29, 1.82) is 0 Å². The van der Waals surface area contributed by atoms with Crippen LogP contribution in [-0.4, -0.2) is 34.8 Å². The molecule has 0 radical (unpaired) electrons. The van der Waals surface area contributed by atoms with Gasteiger partial charge in [-0.1, -0.05) is 89.2 Å². The number of ether oxygens (including phenoxy) is 3. The van der Waals surface area contributed by atoms with E-state index >= 15 is 0 Å². The molecule has 3 aromatic rings. The Bertz CT molecular complexity index is 1080. The second-order valence-electron chi connectivity index (χ2n) is 13.8. The third kappa shape index (κ3) is 19.1. The Kier molecular flexibility index (Phi) is 19.8. The van der Waals surface area contributed by atoms with Crippen molar-refractivity contribution in [2.45, 2.75) is 120 Å². The molecule has 0 aliphatic carbocycles. The number of hydrogen-bond acceptors (Lipinski definition) is 6. The minimum absolute atomic E-state index is 0.481. The maximum absolute atomic E-state index is 5.60. The molecule has 0 saturated carbocycles. The summed E-state index contributed by atoms with van der Waals surface area (Å²) in [4.78, 5) is 12.8. The first-order chi connectivity index (χ1) is 21.3. The van der Waals surface area contributed by atoms with Gasteiger partial charge in [0.05, 0.1) is 26.0 Å². The van der Waals surface area contributed by atoms with E-state index in [-0.39, 0.29) is 0 Å². The zero-order valence-electron chi connectivity index (χ0n) is 30.5. The van der Waals surface area contributed by atoms with Crippen LogP contribution >= 0.6 is 0 Å². The van der Waals surface area contributed by atoms with Crippen LogP contribution in [0.2, 0.25) is 0 Å². The number of nitrogens with zero attached hydrogens (tertiary/aromatic N) is 3. The first-order valence-corrected chi connectivity index (χ1v) is 17.0. The topological polar surface area (TPSA) is 66.4 Å². The number of hydrogen-bond donors (Lipinski definition) is 0. The molecule has 0 spiro atoms. The van der Waals surface area contributed by atoms with Crippen LogP contribution in [0.25, 0.3) is 0 Å². The monoisotopic (exact) mass is 621 g/mol. The van der Waals surface area contributed by atoms with Crippen molar-refractivity contribution < 1.29 is 14.2 Å². The van der Waals surface area contributed by atoms with E-state index in [1.165, 1.54) is 11.1 Å². The normalized spacial score (nSPS) is 11.1. The Morgan fingerprint density at radius 3 is 1.49 bits per heavy atom. The van der Waals surface area contributed by atoms with E-state index in [2.05, 4.69) is 104 Å². The molecule has 0 amide bonds. The third-order valence-corrected chi connectivity index (χ3v) is 7.06. The van der Waals surface area contributed by atoms with Gasteiger partial charge in [-0.05, 0) is 84.1 Å². The Balaban J connectivity index is 0.000000337. The van der Waals surface area contributed by atoms with Crippen molar-refractivity contribution in [2.24, 2.45) is 17.8 Å². The van der Waals surface area contributed by atoms with Gasteiger partial charge in [0.25, 0.3) is 0 Å². The third-order valence-electron chi connectivity index (χ3n) is 7.06. The molecular formula is C39H63N3O3. The highest BCUT2D eigenvalue weighted by Crippen LogP contribution is 2.19. The van der Waals surface area contributed by atoms with Crippen LogP contribution in [0.3, 0.4) is 0 Å². The number of rotatable bonds is 15. The average molecular weight is 622 g/mol. The summed E-state index contributed by atoms with van der Waals surface area (Å²) in [5.74, 6) is 5.95. The molecule has 0 aromatic carbocycles. The lowest BCUT2D eigenvalue weighted by Crippen LogP contribution is -2.03. The lowest BCUT2D eigenvalue weighted by atomic mass is 10.1. The molecule has 3 aromatic heterocycles. The summed E-state index contributed by atoms with van der Waals surface area (Å²) in [5.41, 5.74) is 3.65. The molecule has 0 N–H and O–H groups in total. The predicted molar refractivity (Wildman–Crippen MR) is 190 cm³/mol. The molecular weight excluding hydrogens is 558 g/mol. The summed E-state index contributed by atoms with van der Waals surface area (Å²) in [6.45, 7) is 28.4. The quantitative estimate of drug-likeness (QED) is 0.168. The molecule has 0 saturated heterocycles. The van der Waals surface area contributed by atoms with Crippen molar-refractivity contribution in [2.75, 3.05) is 19.8 Å². The van der Waals surface area contributed by atoms with Gasteiger partial charge < -0.3 is 14.2 Å². The van der Waals surface area contributed by atoms with Crippen molar-refractivity contribution in [3.63, 3.8) is 0 Å². The first-order valence-electron chi connectivity index (χ1n) is 17.0. The molecule has 0 atom stereocenters. The van der Waals surface area contributed by atoms with Crippen LogP contribution in [0.4, 0.5) is 0 Å².